The van der Waals surface area contributed by atoms with Crippen LogP contribution in [0.4, 0.5) is 5.69 Å². The minimum absolute atomic E-state index is 0.0229. The van der Waals surface area contributed by atoms with Gasteiger partial charge in [-0.3, -0.25) is 4.79 Å². The summed E-state index contributed by atoms with van der Waals surface area (Å²) in [5.74, 6) is -0.0124. The molecule has 0 bridgehead atoms. The van der Waals surface area contributed by atoms with Crippen LogP contribution in [0.25, 0.3) is 0 Å². The van der Waals surface area contributed by atoms with Crippen LogP contribution < -0.4 is 5.32 Å². The van der Waals surface area contributed by atoms with E-state index < -0.39 is 6.29 Å². The molecule has 7 heteroatoms. The number of nitrogens with one attached hydrogen (secondary N) is 1. The van der Waals surface area contributed by atoms with Gasteiger partial charge in [-0.1, -0.05) is 0 Å². The number of benzene rings is 1. The molecule has 2 atom stereocenters. The molecule has 2 heterocycles. The lowest BCUT2D eigenvalue weighted by Crippen LogP contribution is -2.29. The van der Waals surface area contributed by atoms with Crippen LogP contribution >= 0.6 is 11.3 Å². The summed E-state index contributed by atoms with van der Waals surface area (Å²) in [5.41, 5.74) is 1.68. The molecule has 0 saturated heterocycles. The molecule has 0 radical (unpaired) electrons. The van der Waals surface area contributed by atoms with Crippen molar-refractivity contribution >= 4 is 22.9 Å². The van der Waals surface area contributed by atoms with E-state index in [1.807, 2.05) is 22.9 Å². The normalized spacial score (nSPS) is 19.5. The van der Waals surface area contributed by atoms with Gasteiger partial charge in [0, 0.05) is 24.6 Å². The topological polar surface area (TPSA) is 88.0 Å². The number of aromatic hydroxyl groups is 1. The fourth-order valence-electron chi connectivity index (χ4n) is 2.65. The average Bonchev–Trinajstić information content (AvgIpc) is 3.18. The summed E-state index contributed by atoms with van der Waals surface area (Å²) in [7, 11) is 0. The molecule has 1 amide bonds. The van der Waals surface area contributed by atoms with Crippen LogP contribution in [-0.4, -0.2) is 35.6 Å². The van der Waals surface area contributed by atoms with Gasteiger partial charge in [0.05, 0.1) is 6.61 Å². The third-order valence-electron chi connectivity index (χ3n) is 3.98. The minimum Gasteiger partial charge on any atom is -0.508 e. The maximum absolute atomic E-state index is 12.6. The number of aliphatic hydroxyl groups excluding tert-OH is 1. The first-order valence-electron chi connectivity index (χ1n) is 8.39. The van der Waals surface area contributed by atoms with E-state index >= 15 is 0 Å². The number of aliphatic hydroxyl groups is 1. The van der Waals surface area contributed by atoms with E-state index in [0.717, 1.165) is 5.56 Å². The van der Waals surface area contributed by atoms with Crippen LogP contribution in [0.2, 0.25) is 0 Å². The molecule has 3 rings (SSSR count). The molecule has 0 fully saturated rings. The standard InChI is InChI=1S/C19H21NO5S/c21-7-1-8-24-18-11-14(13-6-9-26-12-13)10-17(25-18)19(23)20-15-2-4-16(22)5-3-15/h2-6,9-10,12,14,18,21-22H,1,7-8,11H2,(H,20,23)/t14-,18+/m1/s1. The highest BCUT2D eigenvalue weighted by molar-refractivity contribution is 7.08. The van der Waals surface area contributed by atoms with E-state index in [1.165, 1.54) is 12.1 Å². The van der Waals surface area contributed by atoms with Gasteiger partial charge < -0.3 is 25.0 Å². The number of ether oxygens (including phenoxy) is 2. The zero-order valence-electron chi connectivity index (χ0n) is 14.1. The second-order valence-electron chi connectivity index (χ2n) is 5.93. The van der Waals surface area contributed by atoms with Gasteiger partial charge >= 0.3 is 0 Å². The van der Waals surface area contributed by atoms with Crippen molar-refractivity contribution in [3.05, 3.63) is 58.5 Å². The smallest absolute Gasteiger partial charge is 0.290 e. The maximum Gasteiger partial charge on any atom is 0.290 e. The first kappa shape index (κ1) is 18.4. The third kappa shape index (κ3) is 4.85. The van der Waals surface area contributed by atoms with Crippen LogP contribution in [0, 0.1) is 0 Å². The number of phenolic OH excluding ortho intramolecular Hbond substituents is 1. The van der Waals surface area contributed by atoms with Gasteiger partial charge in [0.1, 0.15) is 5.75 Å². The molecule has 2 aromatic rings. The largest absolute Gasteiger partial charge is 0.508 e. The number of carbonyl (C=O) groups is 1. The van der Waals surface area contributed by atoms with E-state index in [-0.39, 0.29) is 29.9 Å². The fraction of sp³-hybridized carbons (Fsp3) is 0.316. The lowest BCUT2D eigenvalue weighted by Gasteiger charge is -2.28. The highest BCUT2D eigenvalue weighted by Gasteiger charge is 2.29. The Morgan fingerprint density at radius 1 is 1.31 bits per heavy atom. The Labute approximate surface area is 155 Å². The highest BCUT2D eigenvalue weighted by atomic mass is 32.1. The number of thiophene rings is 1. The van der Waals surface area contributed by atoms with Crippen LogP contribution in [0.3, 0.4) is 0 Å². The molecular weight excluding hydrogens is 354 g/mol. The number of hydrogen-bond acceptors (Lipinski definition) is 6. The van der Waals surface area contributed by atoms with Crippen molar-refractivity contribution in [1.29, 1.82) is 0 Å². The molecule has 0 saturated carbocycles. The van der Waals surface area contributed by atoms with Gasteiger partial charge in [-0.15, -0.1) is 0 Å². The lowest BCUT2D eigenvalue weighted by molar-refractivity contribution is -0.144. The molecule has 1 aliphatic rings. The fourth-order valence-corrected chi connectivity index (χ4v) is 3.38. The zero-order chi connectivity index (χ0) is 18.4. The summed E-state index contributed by atoms with van der Waals surface area (Å²) < 4.78 is 11.4. The van der Waals surface area contributed by atoms with Crippen LogP contribution in [-0.2, 0) is 14.3 Å². The Morgan fingerprint density at radius 2 is 2.12 bits per heavy atom. The second kappa shape index (κ2) is 8.84. The van der Waals surface area contributed by atoms with Gasteiger partial charge in [-0.2, -0.15) is 11.3 Å². The Kier molecular flexibility index (Phi) is 6.27. The summed E-state index contributed by atoms with van der Waals surface area (Å²) in [6.45, 7) is 0.412. The van der Waals surface area contributed by atoms with Gasteiger partial charge in [0.25, 0.3) is 5.91 Å². The monoisotopic (exact) mass is 375 g/mol. The Morgan fingerprint density at radius 3 is 2.81 bits per heavy atom. The van der Waals surface area contributed by atoms with E-state index in [1.54, 1.807) is 23.5 Å². The third-order valence-corrected chi connectivity index (χ3v) is 4.69. The molecule has 1 aromatic heterocycles. The minimum atomic E-state index is -0.544. The Hall–Kier alpha value is -2.35. The quantitative estimate of drug-likeness (QED) is 0.511. The summed E-state index contributed by atoms with van der Waals surface area (Å²) in [6.07, 6.45) is 2.39. The molecule has 1 aliphatic heterocycles. The molecule has 0 aliphatic carbocycles. The van der Waals surface area contributed by atoms with Gasteiger partial charge in [-0.25, -0.2) is 0 Å². The van der Waals surface area contributed by atoms with Gasteiger partial charge in [-0.05, 0) is 59.2 Å². The Bertz CT molecular complexity index is 742. The molecule has 0 unspecified atom stereocenters. The predicted octanol–water partition coefficient (Wildman–Crippen LogP) is 3.21. The maximum atomic E-state index is 12.6. The molecule has 3 N–H and O–H groups in total. The number of phenols is 1. The zero-order valence-corrected chi connectivity index (χ0v) is 14.9. The van der Waals surface area contributed by atoms with Crippen LogP contribution in [0.5, 0.6) is 5.75 Å². The van der Waals surface area contributed by atoms with Crippen molar-refractivity contribution in [3.8, 4) is 5.75 Å². The molecule has 26 heavy (non-hydrogen) atoms. The SMILES string of the molecule is O=C(Nc1ccc(O)cc1)C1=C[C@@H](c2ccsc2)C[C@@H](OCCCO)O1. The van der Waals surface area contributed by atoms with Crippen molar-refractivity contribution in [2.45, 2.75) is 25.0 Å². The van der Waals surface area contributed by atoms with Crippen molar-refractivity contribution in [2.24, 2.45) is 0 Å². The summed E-state index contributed by atoms with van der Waals surface area (Å²) >= 11 is 1.60. The number of carbonyl (C=O) groups excluding carboxylic acids is 1. The molecule has 0 spiro atoms. The first-order chi connectivity index (χ1) is 12.7. The summed E-state index contributed by atoms with van der Waals surface area (Å²) in [6, 6.07) is 8.25. The average molecular weight is 375 g/mol. The van der Waals surface area contributed by atoms with Crippen LogP contribution in [0.15, 0.2) is 52.9 Å². The summed E-state index contributed by atoms with van der Waals surface area (Å²) in [4.78, 5) is 12.6. The molecule has 138 valence electrons. The number of amides is 1. The van der Waals surface area contributed by atoms with E-state index in [9.17, 15) is 9.90 Å². The predicted molar refractivity (Wildman–Crippen MR) is 99.0 cm³/mol. The molecule has 1 aromatic carbocycles. The number of hydrogen-bond donors (Lipinski definition) is 3. The number of allylic oxidation sites excluding steroid dienone is 1. The molecule has 6 nitrogen and oxygen atoms in total. The van der Waals surface area contributed by atoms with Crippen molar-refractivity contribution < 1.29 is 24.5 Å². The van der Waals surface area contributed by atoms with Crippen molar-refractivity contribution in [2.75, 3.05) is 18.5 Å². The van der Waals surface area contributed by atoms with E-state index in [0.29, 0.717) is 25.1 Å². The number of anilines is 1. The molecular formula is C19H21NO5S. The number of rotatable bonds is 7. The van der Waals surface area contributed by atoms with E-state index in [2.05, 4.69) is 5.32 Å². The van der Waals surface area contributed by atoms with Crippen molar-refractivity contribution in [1.82, 2.24) is 0 Å². The van der Waals surface area contributed by atoms with Gasteiger partial charge in [0.2, 0.25) is 6.29 Å². The highest BCUT2D eigenvalue weighted by Crippen LogP contribution is 2.33. The van der Waals surface area contributed by atoms with E-state index in [4.69, 9.17) is 14.6 Å². The van der Waals surface area contributed by atoms with Crippen LogP contribution in [0.1, 0.15) is 24.3 Å². The lowest BCUT2D eigenvalue weighted by atomic mass is 9.95. The van der Waals surface area contributed by atoms with Gasteiger partial charge in [0.15, 0.2) is 5.76 Å². The second-order valence-corrected chi connectivity index (χ2v) is 6.71. The van der Waals surface area contributed by atoms with Crippen molar-refractivity contribution in [3.63, 3.8) is 0 Å². The Balaban J connectivity index is 1.73. The first-order valence-corrected chi connectivity index (χ1v) is 9.33. The summed E-state index contributed by atoms with van der Waals surface area (Å²) in [5, 5.41) is 25.0.